The Morgan fingerprint density at radius 2 is 1.56 bits per heavy atom. The van der Waals surface area contributed by atoms with Crippen molar-refractivity contribution >= 4 is 17.5 Å². The van der Waals surface area contributed by atoms with Gasteiger partial charge in [-0.1, -0.05) is 24.3 Å². The molecular formula is C28H36N4O4. The summed E-state index contributed by atoms with van der Waals surface area (Å²) in [5.74, 6) is 1.74. The number of carbonyl (C=O) groups excluding carboxylic acids is 2. The Labute approximate surface area is 213 Å². The number of benzene rings is 2. The van der Waals surface area contributed by atoms with Crippen LogP contribution in [0.1, 0.15) is 35.6 Å². The summed E-state index contributed by atoms with van der Waals surface area (Å²) in [6, 6.07) is 12.2. The number of rotatable bonds is 6. The van der Waals surface area contributed by atoms with Crippen LogP contribution in [-0.4, -0.2) is 85.5 Å². The van der Waals surface area contributed by atoms with E-state index in [0.29, 0.717) is 26.3 Å². The van der Waals surface area contributed by atoms with Crippen LogP contribution >= 0.6 is 0 Å². The molecule has 2 aromatic carbocycles. The van der Waals surface area contributed by atoms with Gasteiger partial charge in [0, 0.05) is 38.4 Å². The average Bonchev–Trinajstić information content (AvgIpc) is 3.38. The van der Waals surface area contributed by atoms with Crippen molar-refractivity contribution in [3.8, 4) is 11.5 Å². The molecule has 0 spiro atoms. The van der Waals surface area contributed by atoms with E-state index in [0.717, 1.165) is 79.4 Å². The van der Waals surface area contributed by atoms with Crippen molar-refractivity contribution in [2.24, 2.45) is 0 Å². The second-order valence-corrected chi connectivity index (χ2v) is 10.0. The van der Waals surface area contributed by atoms with Gasteiger partial charge in [-0.15, -0.1) is 0 Å². The number of hydrogen-bond acceptors (Lipinski definition) is 6. The van der Waals surface area contributed by atoms with Crippen LogP contribution in [0.15, 0.2) is 36.4 Å². The van der Waals surface area contributed by atoms with Crippen LogP contribution in [-0.2, 0) is 9.59 Å². The van der Waals surface area contributed by atoms with Gasteiger partial charge < -0.3 is 19.7 Å². The maximum atomic E-state index is 13.3. The van der Waals surface area contributed by atoms with Crippen molar-refractivity contribution < 1.29 is 19.1 Å². The van der Waals surface area contributed by atoms with Crippen LogP contribution in [0.25, 0.3) is 0 Å². The third-order valence-electron chi connectivity index (χ3n) is 7.46. The molecule has 1 atom stereocenters. The van der Waals surface area contributed by atoms with E-state index in [2.05, 4.69) is 21.2 Å². The summed E-state index contributed by atoms with van der Waals surface area (Å²) >= 11 is 0. The Bertz CT molecular complexity index is 1090. The highest BCUT2D eigenvalue weighted by Gasteiger charge is 2.32. The number of nitrogens with one attached hydrogen (secondary N) is 1. The largest absolute Gasteiger partial charge is 0.486 e. The number of piperazine rings is 1. The van der Waals surface area contributed by atoms with Crippen molar-refractivity contribution in [3.63, 3.8) is 0 Å². The molecule has 192 valence electrons. The summed E-state index contributed by atoms with van der Waals surface area (Å²) in [5, 5.41) is 3.07. The van der Waals surface area contributed by atoms with E-state index < -0.39 is 0 Å². The molecule has 2 saturated heterocycles. The Balaban J connectivity index is 1.11. The minimum Gasteiger partial charge on any atom is -0.486 e. The Kier molecular flexibility index (Phi) is 7.43. The number of amides is 2. The highest BCUT2D eigenvalue weighted by Crippen LogP contribution is 2.38. The Morgan fingerprint density at radius 1 is 0.889 bits per heavy atom. The fourth-order valence-corrected chi connectivity index (χ4v) is 5.46. The lowest BCUT2D eigenvalue weighted by molar-refractivity contribution is -0.134. The van der Waals surface area contributed by atoms with Gasteiger partial charge >= 0.3 is 0 Å². The van der Waals surface area contributed by atoms with E-state index in [1.807, 2.05) is 49.1 Å². The zero-order valence-corrected chi connectivity index (χ0v) is 21.3. The van der Waals surface area contributed by atoms with Gasteiger partial charge in [0.2, 0.25) is 11.8 Å². The lowest BCUT2D eigenvalue weighted by Crippen LogP contribution is -2.51. The normalized spacial score (nSPS) is 20.4. The van der Waals surface area contributed by atoms with Gasteiger partial charge in [-0.2, -0.15) is 0 Å². The molecule has 8 nitrogen and oxygen atoms in total. The van der Waals surface area contributed by atoms with E-state index in [4.69, 9.17) is 9.47 Å². The van der Waals surface area contributed by atoms with Gasteiger partial charge in [-0.25, -0.2) is 0 Å². The van der Waals surface area contributed by atoms with E-state index >= 15 is 0 Å². The second-order valence-electron chi connectivity index (χ2n) is 10.0. The number of para-hydroxylation sites is 1. The fraction of sp³-hybridized carbons (Fsp3) is 0.500. The third-order valence-corrected chi connectivity index (χ3v) is 7.46. The molecule has 2 amide bonds. The molecule has 1 unspecified atom stereocenters. The van der Waals surface area contributed by atoms with E-state index in [9.17, 15) is 9.59 Å². The first-order valence-electron chi connectivity index (χ1n) is 13.0. The van der Waals surface area contributed by atoms with Gasteiger partial charge in [0.1, 0.15) is 13.2 Å². The molecule has 3 heterocycles. The predicted molar refractivity (Wildman–Crippen MR) is 139 cm³/mol. The van der Waals surface area contributed by atoms with Crippen LogP contribution in [0.3, 0.4) is 0 Å². The van der Waals surface area contributed by atoms with Gasteiger partial charge in [-0.05, 0) is 55.5 Å². The molecule has 0 aromatic heterocycles. The SMILES string of the molecule is Cc1cccc(C)c1NC(=O)CN1CCN(CC(=O)N2CCCC2c2ccc3c(c2)OCCO3)CC1. The number of fused-ring (bicyclic) bond motifs is 1. The molecule has 3 aliphatic rings. The molecule has 0 bridgehead atoms. The van der Waals surface area contributed by atoms with Gasteiger partial charge in [0.15, 0.2) is 11.5 Å². The van der Waals surface area contributed by atoms with Gasteiger partial charge in [0.25, 0.3) is 0 Å². The van der Waals surface area contributed by atoms with Crippen molar-refractivity contribution in [3.05, 3.63) is 53.1 Å². The molecule has 0 saturated carbocycles. The van der Waals surface area contributed by atoms with Gasteiger partial charge in [-0.3, -0.25) is 19.4 Å². The molecular weight excluding hydrogens is 456 g/mol. The smallest absolute Gasteiger partial charge is 0.238 e. The quantitative estimate of drug-likeness (QED) is 0.668. The summed E-state index contributed by atoms with van der Waals surface area (Å²) < 4.78 is 11.4. The summed E-state index contributed by atoms with van der Waals surface area (Å²) in [6.45, 7) is 9.85. The Morgan fingerprint density at radius 3 is 2.28 bits per heavy atom. The third kappa shape index (κ3) is 5.50. The molecule has 0 radical (unpaired) electrons. The summed E-state index contributed by atoms with van der Waals surface area (Å²) in [4.78, 5) is 32.3. The molecule has 0 aliphatic carbocycles. The lowest BCUT2D eigenvalue weighted by Gasteiger charge is -2.35. The Hall–Kier alpha value is -3.10. The minimum atomic E-state index is 0.0104. The molecule has 2 fully saturated rings. The van der Waals surface area contributed by atoms with E-state index in [-0.39, 0.29) is 17.9 Å². The van der Waals surface area contributed by atoms with Crippen molar-refractivity contribution in [2.45, 2.75) is 32.7 Å². The topological polar surface area (TPSA) is 74.4 Å². The molecule has 36 heavy (non-hydrogen) atoms. The number of likely N-dealkylation sites (tertiary alicyclic amines) is 1. The number of anilines is 1. The lowest BCUT2D eigenvalue weighted by atomic mass is 10.0. The number of aryl methyl sites for hydroxylation is 2. The number of hydrogen-bond donors (Lipinski definition) is 1. The maximum absolute atomic E-state index is 13.3. The zero-order chi connectivity index (χ0) is 25.1. The number of carbonyl (C=O) groups is 2. The highest BCUT2D eigenvalue weighted by atomic mass is 16.6. The van der Waals surface area contributed by atoms with Crippen LogP contribution < -0.4 is 14.8 Å². The molecule has 2 aromatic rings. The van der Waals surface area contributed by atoms with Crippen LogP contribution in [0, 0.1) is 13.8 Å². The fourth-order valence-electron chi connectivity index (χ4n) is 5.46. The monoisotopic (exact) mass is 492 g/mol. The standard InChI is InChI=1S/C28H36N4O4/c1-20-5-3-6-21(2)28(20)29-26(33)18-30-11-13-31(14-12-30)19-27(34)32-10-4-7-23(32)22-8-9-24-25(17-22)36-16-15-35-24/h3,5-6,8-9,17,23H,4,7,10-16,18-19H2,1-2H3,(H,29,33). The first-order chi connectivity index (χ1) is 17.5. The van der Waals surface area contributed by atoms with Gasteiger partial charge in [0.05, 0.1) is 19.1 Å². The predicted octanol–water partition coefficient (Wildman–Crippen LogP) is 2.99. The van der Waals surface area contributed by atoms with Crippen molar-refractivity contribution in [2.75, 3.05) is 64.3 Å². The first-order valence-corrected chi connectivity index (χ1v) is 13.0. The number of ether oxygens (including phenoxy) is 2. The maximum Gasteiger partial charge on any atom is 0.238 e. The highest BCUT2D eigenvalue weighted by molar-refractivity contribution is 5.93. The first kappa shape index (κ1) is 24.6. The number of nitrogens with zero attached hydrogens (tertiary/aromatic N) is 3. The zero-order valence-electron chi connectivity index (χ0n) is 21.3. The summed E-state index contributed by atoms with van der Waals surface area (Å²) in [6.07, 6.45) is 1.97. The summed E-state index contributed by atoms with van der Waals surface area (Å²) in [5.41, 5.74) is 4.17. The summed E-state index contributed by atoms with van der Waals surface area (Å²) in [7, 11) is 0. The van der Waals surface area contributed by atoms with Crippen LogP contribution in [0.2, 0.25) is 0 Å². The molecule has 3 aliphatic heterocycles. The molecule has 8 heteroatoms. The van der Waals surface area contributed by atoms with E-state index in [1.165, 1.54) is 0 Å². The van der Waals surface area contributed by atoms with E-state index in [1.54, 1.807) is 0 Å². The average molecular weight is 493 g/mol. The minimum absolute atomic E-state index is 0.0104. The van der Waals surface area contributed by atoms with Crippen LogP contribution in [0.5, 0.6) is 11.5 Å². The van der Waals surface area contributed by atoms with Crippen LogP contribution in [0.4, 0.5) is 5.69 Å². The molecule has 5 rings (SSSR count). The molecule has 1 N–H and O–H groups in total. The second kappa shape index (κ2) is 10.9. The van der Waals surface area contributed by atoms with Crippen molar-refractivity contribution in [1.29, 1.82) is 0 Å². The van der Waals surface area contributed by atoms with Crippen molar-refractivity contribution in [1.82, 2.24) is 14.7 Å².